The van der Waals surface area contributed by atoms with E-state index in [1.807, 2.05) is 36.4 Å². The van der Waals surface area contributed by atoms with Gasteiger partial charge >= 0.3 is 0 Å². The molecule has 2 rings (SSSR count). The Kier molecular flexibility index (Phi) is 4.35. The molecule has 1 aromatic heterocycles. The van der Waals surface area contributed by atoms with Crippen LogP contribution >= 0.6 is 0 Å². The van der Waals surface area contributed by atoms with Gasteiger partial charge in [0, 0.05) is 18.4 Å². The van der Waals surface area contributed by atoms with Crippen LogP contribution < -0.4 is 0 Å². The van der Waals surface area contributed by atoms with Crippen LogP contribution in [0.15, 0.2) is 47.1 Å². The second-order valence-corrected chi connectivity index (χ2v) is 4.45. The Morgan fingerprint density at radius 1 is 1.11 bits per heavy atom. The summed E-state index contributed by atoms with van der Waals surface area (Å²) in [5, 5.41) is 0. The molecular formula is C16H18O2. The second-order valence-electron chi connectivity index (χ2n) is 4.45. The molecule has 18 heavy (non-hydrogen) atoms. The van der Waals surface area contributed by atoms with Crippen LogP contribution in [0.3, 0.4) is 0 Å². The summed E-state index contributed by atoms with van der Waals surface area (Å²) in [6.07, 6.45) is 5.01. The van der Waals surface area contributed by atoms with Gasteiger partial charge in [0.25, 0.3) is 0 Å². The van der Waals surface area contributed by atoms with Gasteiger partial charge in [-0.1, -0.05) is 37.6 Å². The van der Waals surface area contributed by atoms with E-state index >= 15 is 0 Å². The number of aryl methyl sites for hydroxylation is 2. The molecular weight excluding hydrogens is 224 g/mol. The first kappa shape index (κ1) is 12.6. The Bertz CT molecular complexity index is 480. The van der Waals surface area contributed by atoms with Crippen molar-refractivity contribution in [2.75, 3.05) is 0 Å². The average Bonchev–Trinajstić information content (AvgIpc) is 2.90. The van der Waals surface area contributed by atoms with Gasteiger partial charge in [0.05, 0.1) is 6.26 Å². The lowest BCUT2D eigenvalue weighted by Gasteiger charge is -2.02. The van der Waals surface area contributed by atoms with E-state index in [-0.39, 0.29) is 5.78 Å². The quantitative estimate of drug-likeness (QED) is 0.715. The van der Waals surface area contributed by atoms with Crippen LogP contribution in [0.4, 0.5) is 0 Å². The van der Waals surface area contributed by atoms with E-state index in [9.17, 15) is 4.79 Å². The molecule has 0 aliphatic carbocycles. The Morgan fingerprint density at radius 3 is 2.50 bits per heavy atom. The van der Waals surface area contributed by atoms with Gasteiger partial charge in [-0.05, 0) is 24.1 Å². The first-order chi connectivity index (χ1) is 8.79. The lowest BCUT2D eigenvalue weighted by Crippen LogP contribution is -2.01. The molecule has 0 aliphatic rings. The Balaban J connectivity index is 1.92. The maximum absolute atomic E-state index is 12.0. The van der Waals surface area contributed by atoms with Gasteiger partial charge in [0.15, 0.2) is 5.78 Å². The minimum atomic E-state index is 0.175. The van der Waals surface area contributed by atoms with Crippen LogP contribution in [-0.4, -0.2) is 5.78 Å². The van der Waals surface area contributed by atoms with Crippen molar-refractivity contribution in [1.82, 2.24) is 0 Å². The van der Waals surface area contributed by atoms with Crippen molar-refractivity contribution >= 4 is 5.78 Å². The molecule has 0 saturated heterocycles. The smallest absolute Gasteiger partial charge is 0.163 e. The van der Waals surface area contributed by atoms with Gasteiger partial charge in [-0.15, -0.1) is 0 Å². The fourth-order valence-corrected chi connectivity index (χ4v) is 1.98. The monoisotopic (exact) mass is 242 g/mol. The largest absolute Gasteiger partial charge is 0.469 e. The summed E-state index contributed by atoms with van der Waals surface area (Å²) in [6, 6.07) is 11.7. The molecule has 1 heterocycles. The first-order valence-electron chi connectivity index (χ1n) is 6.44. The number of carbonyl (C=O) groups excluding carboxylic acids is 1. The first-order valence-corrected chi connectivity index (χ1v) is 6.44. The summed E-state index contributed by atoms with van der Waals surface area (Å²) < 4.78 is 5.22. The molecule has 2 nitrogen and oxygen atoms in total. The minimum absolute atomic E-state index is 0.175. The molecule has 0 spiro atoms. The zero-order chi connectivity index (χ0) is 12.8. The molecule has 1 aromatic carbocycles. The van der Waals surface area contributed by atoms with E-state index < -0.39 is 0 Å². The van der Waals surface area contributed by atoms with Gasteiger partial charge < -0.3 is 4.42 Å². The molecule has 94 valence electrons. The van der Waals surface area contributed by atoms with E-state index in [0.29, 0.717) is 12.8 Å². The maximum Gasteiger partial charge on any atom is 0.163 e. The molecule has 0 N–H and O–H groups in total. The second kappa shape index (κ2) is 6.20. The lowest BCUT2D eigenvalue weighted by atomic mass is 10.0. The molecule has 0 aliphatic heterocycles. The van der Waals surface area contributed by atoms with Crippen molar-refractivity contribution in [2.45, 2.75) is 32.6 Å². The van der Waals surface area contributed by atoms with E-state index in [1.54, 1.807) is 6.26 Å². The highest BCUT2D eigenvalue weighted by atomic mass is 16.3. The molecule has 0 atom stereocenters. The fraction of sp³-hybridized carbons (Fsp3) is 0.312. The predicted octanol–water partition coefficient (Wildman–Crippen LogP) is 4.05. The van der Waals surface area contributed by atoms with Gasteiger partial charge in [-0.3, -0.25) is 4.79 Å². The normalized spacial score (nSPS) is 10.5. The summed E-state index contributed by atoms with van der Waals surface area (Å²) in [5.41, 5.74) is 2.08. The standard InChI is InChI=1S/C16H18O2/c1-2-4-13-6-8-14(9-7-13)16(17)11-10-15-5-3-12-18-15/h3,5-9,12H,2,4,10-11H2,1H3. The van der Waals surface area contributed by atoms with Crippen LogP contribution in [0.2, 0.25) is 0 Å². The van der Waals surface area contributed by atoms with Crippen LogP contribution in [0, 0.1) is 0 Å². The summed E-state index contributed by atoms with van der Waals surface area (Å²) in [4.78, 5) is 12.0. The Morgan fingerprint density at radius 2 is 1.89 bits per heavy atom. The molecule has 0 radical (unpaired) electrons. The minimum Gasteiger partial charge on any atom is -0.469 e. The van der Waals surface area contributed by atoms with Crippen molar-refractivity contribution in [3.05, 3.63) is 59.5 Å². The van der Waals surface area contributed by atoms with Crippen molar-refractivity contribution in [2.24, 2.45) is 0 Å². The highest BCUT2D eigenvalue weighted by Gasteiger charge is 2.07. The Hall–Kier alpha value is -1.83. The van der Waals surface area contributed by atoms with Crippen molar-refractivity contribution < 1.29 is 9.21 Å². The third kappa shape index (κ3) is 3.33. The third-order valence-electron chi connectivity index (χ3n) is 2.99. The number of carbonyl (C=O) groups is 1. The molecule has 2 aromatic rings. The van der Waals surface area contributed by atoms with E-state index in [4.69, 9.17) is 4.42 Å². The predicted molar refractivity (Wildman–Crippen MR) is 71.8 cm³/mol. The molecule has 0 unspecified atom stereocenters. The SMILES string of the molecule is CCCc1ccc(C(=O)CCc2ccco2)cc1. The molecule has 0 saturated carbocycles. The number of Topliss-reactive ketones (excluding diaryl/α,β-unsaturated/α-hetero) is 1. The van der Waals surface area contributed by atoms with Crippen molar-refractivity contribution in [1.29, 1.82) is 0 Å². The highest BCUT2D eigenvalue weighted by molar-refractivity contribution is 5.96. The number of benzene rings is 1. The van der Waals surface area contributed by atoms with E-state index in [0.717, 1.165) is 24.2 Å². The van der Waals surface area contributed by atoms with Crippen LogP contribution in [0.1, 0.15) is 41.4 Å². The zero-order valence-corrected chi connectivity index (χ0v) is 10.7. The average molecular weight is 242 g/mol. The molecule has 0 amide bonds. The number of furan rings is 1. The van der Waals surface area contributed by atoms with Crippen LogP contribution in [0.5, 0.6) is 0 Å². The maximum atomic E-state index is 12.0. The summed E-state index contributed by atoms with van der Waals surface area (Å²) >= 11 is 0. The molecule has 0 bridgehead atoms. The van der Waals surface area contributed by atoms with Gasteiger partial charge in [-0.25, -0.2) is 0 Å². The van der Waals surface area contributed by atoms with Gasteiger partial charge in [0.1, 0.15) is 5.76 Å². The highest BCUT2D eigenvalue weighted by Crippen LogP contribution is 2.11. The number of rotatable bonds is 6. The topological polar surface area (TPSA) is 30.2 Å². The summed E-state index contributed by atoms with van der Waals surface area (Å²) in [6.45, 7) is 2.16. The third-order valence-corrected chi connectivity index (χ3v) is 2.99. The summed E-state index contributed by atoms with van der Waals surface area (Å²) in [5.74, 6) is 1.04. The van der Waals surface area contributed by atoms with Crippen molar-refractivity contribution in [3.63, 3.8) is 0 Å². The molecule has 0 fully saturated rings. The van der Waals surface area contributed by atoms with Crippen molar-refractivity contribution in [3.8, 4) is 0 Å². The number of hydrogen-bond donors (Lipinski definition) is 0. The molecule has 2 heteroatoms. The number of hydrogen-bond acceptors (Lipinski definition) is 2. The fourth-order valence-electron chi connectivity index (χ4n) is 1.98. The van der Waals surface area contributed by atoms with Crippen LogP contribution in [-0.2, 0) is 12.8 Å². The van der Waals surface area contributed by atoms with E-state index in [1.165, 1.54) is 5.56 Å². The lowest BCUT2D eigenvalue weighted by molar-refractivity contribution is 0.0981. The van der Waals surface area contributed by atoms with E-state index in [2.05, 4.69) is 6.92 Å². The van der Waals surface area contributed by atoms with Gasteiger partial charge in [0.2, 0.25) is 0 Å². The van der Waals surface area contributed by atoms with Gasteiger partial charge in [-0.2, -0.15) is 0 Å². The van der Waals surface area contributed by atoms with Crippen LogP contribution in [0.25, 0.3) is 0 Å². The Labute approximate surface area is 108 Å². The summed E-state index contributed by atoms with van der Waals surface area (Å²) in [7, 11) is 0. The zero-order valence-electron chi connectivity index (χ0n) is 10.7. The number of ketones is 1.